The maximum atomic E-state index is 13.0. The third-order valence-corrected chi connectivity index (χ3v) is 4.39. The molecular formula is C18H24FN3O2. The second kappa shape index (κ2) is 7.42. The molecule has 0 aliphatic carbocycles. The van der Waals surface area contributed by atoms with E-state index in [1.165, 1.54) is 12.1 Å². The summed E-state index contributed by atoms with van der Waals surface area (Å²) in [5.41, 5.74) is 0.824. The predicted octanol–water partition coefficient (Wildman–Crippen LogP) is 2.37. The van der Waals surface area contributed by atoms with Gasteiger partial charge in [-0.2, -0.15) is 0 Å². The number of hydrogen-bond donors (Lipinski definition) is 1. The molecule has 0 saturated carbocycles. The van der Waals surface area contributed by atoms with Crippen molar-refractivity contribution in [2.45, 2.75) is 32.5 Å². The molecular weight excluding hydrogens is 309 g/mol. The zero-order valence-electron chi connectivity index (χ0n) is 14.2. The van der Waals surface area contributed by atoms with Gasteiger partial charge in [-0.25, -0.2) is 9.37 Å². The Kier molecular flexibility index (Phi) is 5.28. The van der Waals surface area contributed by atoms with Crippen molar-refractivity contribution in [2.24, 2.45) is 0 Å². The van der Waals surface area contributed by atoms with Gasteiger partial charge in [0.1, 0.15) is 5.82 Å². The second-order valence-electron chi connectivity index (χ2n) is 6.55. The summed E-state index contributed by atoms with van der Waals surface area (Å²) in [6.07, 6.45) is 1.39. The molecule has 0 unspecified atom stereocenters. The topological polar surface area (TPSA) is 52.7 Å². The Morgan fingerprint density at radius 2 is 2.08 bits per heavy atom. The summed E-state index contributed by atoms with van der Waals surface area (Å²) in [5, 5.41) is 9.55. The van der Waals surface area contributed by atoms with Gasteiger partial charge in [0.25, 0.3) is 0 Å². The van der Waals surface area contributed by atoms with E-state index < -0.39 is 0 Å². The average Bonchev–Trinajstić information content (AvgIpc) is 2.99. The average molecular weight is 333 g/mol. The number of piperazine rings is 1. The van der Waals surface area contributed by atoms with Gasteiger partial charge in [-0.3, -0.25) is 9.80 Å². The van der Waals surface area contributed by atoms with E-state index >= 15 is 0 Å². The van der Waals surface area contributed by atoms with Crippen LogP contribution in [0.3, 0.4) is 0 Å². The fraction of sp³-hybridized carbons (Fsp3) is 0.500. The number of rotatable bonds is 5. The quantitative estimate of drug-likeness (QED) is 0.910. The van der Waals surface area contributed by atoms with Gasteiger partial charge in [0.05, 0.1) is 18.8 Å². The van der Waals surface area contributed by atoms with Gasteiger partial charge in [0.15, 0.2) is 5.76 Å². The molecule has 5 nitrogen and oxygen atoms in total. The number of halogens is 1. The molecule has 24 heavy (non-hydrogen) atoms. The van der Waals surface area contributed by atoms with Crippen LogP contribution < -0.4 is 0 Å². The first kappa shape index (κ1) is 17.1. The van der Waals surface area contributed by atoms with Gasteiger partial charge in [-0.05, 0) is 38.1 Å². The summed E-state index contributed by atoms with van der Waals surface area (Å²) in [5.74, 6) is 1.07. The molecule has 2 heterocycles. The Balaban J connectivity index is 1.58. The van der Waals surface area contributed by atoms with Crippen LogP contribution in [0.1, 0.15) is 19.7 Å². The van der Waals surface area contributed by atoms with Crippen LogP contribution in [0.25, 0.3) is 11.3 Å². The summed E-state index contributed by atoms with van der Waals surface area (Å²) in [4.78, 5) is 8.96. The van der Waals surface area contributed by atoms with Crippen LogP contribution in [-0.4, -0.2) is 58.2 Å². The minimum atomic E-state index is -0.302. The normalized spacial score (nSPS) is 21.1. The van der Waals surface area contributed by atoms with Gasteiger partial charge in [0, 0.05) is 37.8 Å². The van der Waals surface area contributed by atoms with E-state index in [0.29, 0.717) is 30.8 Å². The Bertz CT molecular complexity index is 657. The maximum absolute atomic E-state index is 13.0. The van der Waals surface area contributed by atoms with Crippen molar-refractivity contribution in [1.29, 1.82) is 0 Å². The lowest BCUT2D eigenvalue weighted by molar-refractivity contribution is 0.0393. The highest BCUT2D eigenvalue weighted by molar-refractivity contribution is 5.55. The van der Waals surface area contributed by atoms with Crippen molar-refractivity contribution in [3.05, 3.63) is 42.2 Å². The number of β-amino-alcohol motifs (C(OH)–C–C–N with tert-alkyl or cyclic N) is 1. The molecule has 1 aromatic heterocycles. The molecule has 0 amide bonds. The molecule has 1 fully saturated rings. The van der Waals surface area contributed by atoms with E-state index in [0.717, 1.165) is 25.2 Å². The Labute approximate surface area is 141 Å². The van der Waals surface area contributed by atoms with Crippen LogP contribution in [0.15, 0.2) is 34.9 Å². The van der Waals surface area contributed by atoms with Gasteiger partial charge in [-0.1, -0.05) is 0 Å². The largest absolute Gasteiger partial charge is 0.439 e. The minimum absolute atomic E-state index is 0.262. The zero-order chi connectivity index (χ0) is 17.1. The lowest BCUT2D eigenvalue weighted by Crippen LogP contribution is -2.53. The number of benzene rings is 1. The highest BCUT2D eigenvalue weighted by Crippen LogP contribution is 2.22. The first-order valence-electron chi connectivity index (χ1n) is 8.36. The van der Waals surface area contributed by atoms with Crippen LogP contribution >= 0.6 is 0 Å². The summed E-state index contributed by atoms with van der Waals surface area (Å²) < 4.78 is 18.8. The Morgan fingerprint density at radius 3 is 2.75 bits per heavy atom. The third kappa shape index (κ3) is 4.20. The number of aliphatic hydroxyl groups excluding tert-OH is 1. The van der Waals surface area contributed by atoms with E-state index in [1.807, 2.05) is 6.92 Å². The first-order chi connectivity index (χ1) is 11.5. The lowest BCUT2D eigenvalue weighted by atomic mass is 10.1. The summed E-state index contributed by atoms with van der Waals surface area (Å²) in [6.45, 7) is 8.14. The van der Waals surface area contributed by atoms with E-state index in [9.17, 15) is 9.50 Å². The number of nitrogens with zero attached hydrogens (tertiary/aromatic N) is 3. The van der Waals surface area contributed by atoms with Gasteiger partial charge in [-0.15, -0.1) is 0 Å². The Morgan fingerprint density at radius 1 is 1.33 bits per heavy atom. The smallest absolute Gasteiger partial charge is 0.209 e. The summed E-state index contributed by atoms with van der Waals surface area (Å²) in [7, 11) is 0. The van der Waals surface area contributed by atoms with Crippen LogP contribution in [0.5, 0.6) is 0 Å². The molecule has 2 atom stereocenters. The molecule has 0 radical (unpaired) electrons. The maximum Gasteiger partial charge on any atom is 0.209 e. The van der Waals surface area contributed by atoms with Gasteiger partial charge >= 0.3 is 0 Å². The standard InChI is InChI=1S/C18H24FN3O2/c1-13-10-21(7-8-22(13)11-14(2)23)12-18-20-9-17(24-18)15-3-5-16(19)6-4-15/h3-6,9,13-14,23H,7-8,10-12H2,1-2H3/t13-,14-/m0/s1. The van der Waals surface area contributed by atoms with Crippen LogP contribution in [0.2, 0.25) is 0 Å². The predicted molar refractivity (Wildman–Crippen MR) is 89.9 cm³/mol. The monoisotopic (exact) mass is 333 g/mol. The van der Waals surface area contributed by atoms with Crippen LogP contribution in [-0.2, 0) is 6.54 Å². The van der Waals surface area contributed by atoms with Crippen molar-refractivity contribution in [2.75, 3.05) is 26.2 Å². The zero-order valence-corrected chi connectivity index (χ0v) is 14.2. The molecule has 3 rings (SSSR count). The van der Waals surface area contributed by atoms with E-state index in [-0.39, 0.29) is 11.9 Å². The highest BCUT2D eigenvalue weighted by Gasteiger charge is 2.25. The minimum Gasteiger partial charge on any atom is -0.439 e. The van der Waals surface area contributed by atoms with E-state index in [2.05, 4.69) is 21.7 Å². The van der Waals surface area contributed by atoms with Crippen molar-refractivity contribution in [3.63, 3.8) is 0 Å². The number of aromatic nitrogens is 1. The molecule has 1 aliphatic heterocycles. The number of aliphatic hydroxyl groups is 1. The van der Waals surface area contributed by atoms with Gasteiger partial charge in [0.2, 0.25) is 5.89 Å². The van der Waals surface area contributed by atoms with Crippen LogP contribution in [0, 0.1) is 5.82 Å². The Hall–Kier alpha value is -1.76. The molecule has 130 valence electrons. The molecule has 0 spiro atoms. The lowest BCUT2D eigenvalue weighted by Gasteiger charge is -2.39. The van der Waals surface area contributed by atoms with Crippen molar-refractivity contribution in [1.82, 2.24) is 14.8 Å². The molecule has 6 heteroatoms. The first-order valence-corrected chi connectivity index (χ1v) is 8.36. The fourth-order valence-corrected chi connectivity index (χ4v) is 3.15. The summed E-state index contributed by atoms with van der Waals surface area (Å²) in [6, 6.07) is 6.61. The third-order valence-electron chi connectivity index (χ3n) is 4.39. The molecule has 1 saturated heterocycles. The van der Waals surface area contributed by atoms with E-state index in [1.54, 1.807) is 18.3 Å². The number of oxazole rings is 1. The van der Waals surface area contributed by atoms with Crippen molar-refractivity contribution in [3.8, 4) is 11.3 Å². The van der Waals surface area contributed by atoms with E-state index in [4.69, 9.17) is 4.42 Å². The molecule has 0 bridgehead atoms. The SMILES string of the molecule is C[C@H](O)CN1CCN(Cc2ncc(-c3ccc(F)cc3)o2)C[C@@H]1C. The highest BCUT2D eigenvalue weighted by atomic mass is 19.1. The molecule has 1 aliphatic rings. The van der Waals surface area contributed by atoms with Crippen LogP contribution in [0.4, 0.5) is 4.39 Å². The fourth-order valence-electron chi connectivity index (χ4n) is 3.15. The van der Waals surface area contributed by atoms with Crippen molar-refractivity contribution >= 4 is 0 Å². The molecule has 1 N–H and O–H groups in total. The summed E-state index contributed by atoms with van der Waals surface area (Å²) >= 11 is 0. The molecule has 2 aromatic rings. The van der Waals surface area contributed by atoms with Gasteiger partial charge < -0.3 is 9.52 Å². The van der Waals surface area contributed by atoms with Crippen molar-refractivity contribution < 1.29 is 13.9 Å². The molecule has 1 aromatic carbocycles. The number of hydrogen-bond acceptors (Lipinski definition) is 5. The second-order valence-corrected chi connectivity index (χ2v) is 6.55.